The molecule has 0 aliphatic heterocycles. The van der Waals surface area contributed by atoms with Gasteiger partial charge in [-0.25, -0.2) is 0 Å². The highest BCUT2D eigenvalue weighted by Crippen LogP contribution is 2.17. The molecule has 0 aromatic heterocycles. The molecule has 2 aromatic rings. The summed E-state index contributed by atoms with van der Waals surface area (Å²) in [6, 6.07) is 17.6. The van der Waals surface area contributed by atoms with Gasteiger partial charge in [-0.15, -0.1) is 11.8 Å². The molecule has 2 aromatic carbocycles. The Morgan fingerprint density at radius 2 is 1.69 bits per heavy atom. The van der Waals surface area contributed by atoms with Gasteiger partial charge in [-0.05, 0) is 45.7 Å². The molecule has 0 heterocycles. The van der Waals surface area contributed by atoms with Crippen molar-refractivity contribution >= 4 is 23.6 Å². The first-order valence-corrected chi connectivity index (χ1v) is 11.1. The van der Waals surface area contributed by atoms with E-state index in [2.05, 4.69) is 23.5 Å². The Kier molecular flexibility index (Phi) is 8.32. The lowest BCUT2D eigenvalue weighted by Gasteiger charge is -2.31. The van der Waals surface area contributed by atoms with Crippen molar-refractivity contribution in [3.8, 4) is 0 Å². The van der Waals surface area contributed by atoms with Crippen LogP contribution in [0.25, 0.3) is 0 Å². The topological polar surface area (TPSA) is 49.4 Å². The van der Waals surface area contributed by atoms with Crippen LogP contribution in [0.2, 0.25) is 0 Å². The zero-order valence-corrected chi connectivity index (χ0v) is 18.9. The van der Waals surface area contributed by atoms with E-state index in [0.29, 0.717) is 12.3 Å². The molecule has 5 heteroatoms. The van der Waals surface area contributed by atoms with Crippen molar-refractivity contribution in [3.05, 3.63) is 71.3 Å². The SMILES string of the molecule is Cc1cccc(CN(C(=O)CSCc2ccccc2)[C@@H](C)C(=O)NC(C)(C)C)c1. The van der Waals surface area contributed by atoms with E-state index in [9.17, 15) is 9.59 Å². The van der Waals surface area contributed by atoms with Crippen LogP contribution in [0.1, 0.15) is 44.4 Å². The van der Waals surface area contributed by atoms with Gasteiger partial charge in [0.05, 0.1) is 5.75 Å². The van der Waals surface area contributed by atoms with E-state index < -0.39 is 6.04 Å². The summed E-state index contributed by atoms with van der Waals surface area (Å²) >= 11 is 1.58. The number of benzene rings is 2. The summed E-state index contributed by atoms with van der Waals surface area (Å²) in [6.45, 7) is 10.1. The summed E-state index contributed by atoms with van der Waals surface area (Å²) in [5.74, 6) is 0.955. The molecule has 0 aliphatic carbocycles. The molecule has 2 amide bonds. The van der Waals surface area contributed by atoms with Crippen LogP contribution in [0.4, 0.5) is 0 Å². The zero-order valence-electron chi connectivity index (χ0n) is 18.1. The number of aryl methyl sites for hydroxylation is 1. The minimum absolute atomic E-state index is 0.0241. The Bertz CT molecular complexity index is 815. The number of amides is 2. The van der Waals surface area contributed by atoms with Crippen LogP contribution >= 0.6 is 11.8 Å². The molecule has 0 spiro atoms. The molecular formula is C24H32N2O2S. The zero-order chi connectivity index (χ0) is 21.4. The summed E-state index contributed by atoms with van der Waals surface area (Å²) in [4.78, 5) is 27.5. The molecular weight excluding hydrogens is 380 g/mol. The van der Waals surface area contributed by atoms with Crippen molar-refractivity contribution in [1.82, 2.24) is 10.2 Å². The number of hydrogen-bond donors (Lipinski definition) is 1. The second kappa shape index (κ2) is 10.5. The van der Waals surface area contributed by atoms with E-state index in [-0.39, 0.29) is 17.4 Å². The lowest BCUT2D eigenvalue weighted by Crippen LogP contribution is -2.52. The third kappa shape index (κ3) is 7.94. The van der Waals surface area contributed by atoms with Crippen LogP contribution < -0.4 is 5.32 Å². The van der Waals surface area contributed by atoms with E-state index in [0.717, 1.165) is 16.9 Å². The van der Waals surface area contributed by atoms with Crippen molar-refractivity contribution in [1.29, 1.82) is 0 Å². The molecule has 0 bridgehead atoms. The first kappa shape index (κ1) is 23.0. The predicted octanol–water partition coefficient (Wildman–Crippen LogP) is 4.56. The number of thioether (sulfide) groups is 1. The standard InChI is InChI=1S/C24H32N2O2S/c1-18-10-9-13-21(14-18)15-26(19(2)23(28)25-24(3,4)5)22(27)17-29-16-20-11-7-6-8-12-20/h6-14,19H,15-17H2,1-5H3,(H,25,28)/t19-/m0/s1. The van der Waals surface area contributed by atoms with Gasteiger partial charge in [-0.2, -0.15) is 0 Å². The summed E-state index contributed by atoms with van der Waals surface area (Å²) in [5, 5.41) is 2.99. The van der Waals surface area contributed by atoms with Crippen LogP contribution in [0, 0.1) is 6.92 Å². The smallest absolute Gasteiger partial charge is 0.242 e. The molecule has 0 saturated carbocycles. The fourth-order valence-corrected chi connectivity index (χ4v) is 3.85. The third-order valence-corrected chi connectivity index (χ3v) is 5.43. The van der Waals surface area contributed by atoms with Crippen molar-refractivity contribution in [2.75, 3.05) is 5.75 Å². The maximum Gasteiger partial charge on any atom is 0.242 e. The third-order valence-electron chi connectivity index (χ3n) is 4.44. The van der Waals surface area contributed by atoms with E-state index >= 15 is 0 Å². The lowest BCUT2D eigenvalue weighted by atomic mass is 10.1. The van der Waals surface area contributed by atoms with Gasteiger partial charge in [-0.3, -0.25) is 9.59 Å². The van der Waals surface area contributed by atoms with Crippen molar-refractivity contribution in [2.24, 2.45) is 0 Å². The van der Waals surface area contributed by atoms with E-state index in [1.807, 2.05) is 64.1 Å². The largest absolute Gasteiger partial charge is 0.350 e. The van der Waals surface area contributed by atoms with Gasteiger partial charge < -0.3 is 10.2 Å². The van der Waals surface area contributed by atoms with Gasteiger partial charge in [0.15, 0.2) is 0 Å². The lowest BCUT2D eigenvalue weighted by molar-refractivity contribution is -0.139. The van der Waals surface area contributed by atoms with Crippen LogP contribution in [0.15, 0.2) is 54.6 Å². The first-order valence-electron chi connectivity index (χ1n) is 9.94. The Hall–Kier alpha value is -2.27. The Labute approximate surface area is 179 Å². The molecule has 0 radical (unpaired) electrons. The summed E-state index contributed by atoms with van der Waals surface area (Å²) in [6.07, 6.45) is 0. The van der Waals surface area contributed by atoms with Crippen LogP contribution in [-0.2, 0) is 21.9 Å². The van der Waals surface area contributed by atoms with Crippen LogP contribution in [0.3, 0.4) is 0 Å². The summed E-state index contributed by atoms with van der Waals surface area (Å²) in [5.41, 5.74) is 3.02. The fourth-order valence-electron chi connectivity index (χ4n) is 2.98. The molecule has 1 atom stereocenters. The second-order valence-corrected chi connectivity index (χ2v) is 9.39. The number of nitrogens with zero attached hydrogens (tertiary/aromatic N) is 1. The van der Waals surface area contributed by atoms with E-state index in [1.165, 1.54) is 5.56 Å². The normalized spacial score (nSPS) is 12.3. The molecule has 156 valence electrons. The van der Waals surface area contributed by atoms with Gasteiger partial charge >= 0.3 is 0 Å². The number of carbonyl (C=O) groups excluding carboxylic acids is 2. The van der Waals surface area contributed by atoms with Crippen LogP contribution in [-0.4, -0.2) is 34.0 Å². The molecule has 0 saturated heterocycles. The Morgan fingerprint density at radius 3 is 2.31 bits per heavy atom. The number of carbonyl (C=O) groups is 2. The monoisotopic (exact) mass is 412 g/mol. The summed E-state index contributed by atoms with van der Waals surface area (Å²) in [7, 11) is 0. The minimum Gasteiger partial charge on any atom is -0.350 e. The fraction of sp³-hybridized carbons (Fsp3) is 0.417. The van der Waals surface area contributed by atoms with Gasteiger partial charge in [0, 0.05) is 17.8 Å². The van der Waals surface area contributed by atoms with Crippen molar-refractivity contribution in [2.45, 2.75) is 58.5 Å². The van der Waals surface area contributed by atoms with Gasteiger partial charge in [0.1, 0.15) is 6.04 Å². The Balaban J connectivity index is 2.09. The highest BCUT2D eigenvalue weighted by atomic mass is 32.2. The molecule has 4 nitrogen and oxygen atoms in total. The molecule has 2 rings (SSSR count). The average Bonchev–Trinajstić information content (AvgIpc) is 2.65. The van der Waals surface area contributed by atoms with Crippen molar-refractivity contribution < 1.29 is 9.59 Å². The molecule has 0 aliphatic rings. The highest BCUT2D eigenvalue weighted by molar-refractivity contribution is 7.99. The maximum absolute atomic E-state index is 13.1. The highest BCUT2D eigenvalue weighted by Gasteiger charge is 2.28. The summed E-state index contributed by atoms with van der Waals surface area (Å²) < 4.78 is 0. The average molecular weight is 413 g/mol. The minimum atomic E-state index is -0.542. The maximum atomic E-state index is 13.1. The molecule has 0 unspecified atom stereocenters. The number of hydrogen-bond acceptors (Lipinski definition) is 3. The number of nitrogens with one attached hydrogen (secondary N) is 1. The number of rotatable bonds is 8. The van der Waals surface area contributed by atoms with Crippen molar-refractivity contribution in [3.63, 3.8) is 0 Å². The first-order chi connectivity index (χ1) is 13.7. The predicted molar refractivity (Wildman–Crippen MR) is 122 cm³/mol. The molecule has 0 fully saturated rings. The van der Waals surface area contributed by atoms with Gasteiger partial charge in [-0.1, -0.05) is 60.2 Å². The Morgan fingerprint density at radius 1 is 1.03 bits per heavy atom. The van der Waals surface area contributed by atoms with Gasteiger partial charge in [0.25, 0.3) is 0 Å². The van der Waals surface area contributed by atoms with E-state index in [4.69, 9.17) is 0 Å². The van der Waals surface area contributed by atoms with Crippen LogP contribution in [0.5, 0.6) is 0 Å². The quantitative estimate of drug-likeness (QED) is 0.691. The van der Waals surface area contributed by atoms with Gasteiger partial charge in [0.2, 0.25) is 11.8 Å². The molecule has 1 N–H and O–H groups in total. The molecule has 29 heavy (non-hydrogen) atoms. The van der Waals surface area contributed by atoms with E-state index in [1.54, 1.807) is 23.6 Å². The second-order valence-electron chi connectivity index (χ2n) is 8.40.